The van der Waals surface area contributed by atoms with Crippen LogP contribution in [0.3, 0.4) is 0 Å². The van der Waals surface area contributed by atoms with Crippen molar-refractivity contribution in [3.8, 4) is 0 Å². The lowest BCUT2D eigenvalue weighted by Gasteiger charge is -2.07. The third-order valence-electron chi connectivity index (χ3n) is 1.73. The molecule has 0 radical (unpaired) electrons. The summed E-state index contributed by atoms with van der Waals surface area (Å²) in [5, 5.41) is 2.45. The van der Waals surface area contributed by atoms with E-state index < -0.39 is 11.9 Å². The average molecular weight is 333 g/mol. The maximum Gasteiger partial charge on any atom is 0.397 e. The van der Waals surface area contributed by atoms with Gasteiger partial charge in [0.2, 0.25) is 0 Å². The molecule has 0 saturated carbocycles. The predicted molar refractivity (Wildman–Crippen MR) is 67.9 cm³/mol. The lowest BCUT2D eigenvalue weighted by Crippen LogP contribution is -2.35. The highest BCUT2D eigenvalue weighted by atomic mass is 127. The fraction of sp³-hybridized carbons (Fsp3) is 0.273. The molecule has 1 amide bonds. The Hall–Kier alpha value is -1.11. The molecule has 0 spiro atoms. The van der Waals surface area contributed by atoms with Crippen molar-refractivity contribution in [1.82, 2.24) is 5.32 Å². The number of nitrogens with one attached hydrogen (secondary N) is 1. The average Bonchev–Trinajstić information content (AvgIpc) is 2.26. The second-order valence-electron chi connectivity index (χ2n) is 3.15. The summed E-state index contributed by atoms with van der Waals surface area (Å²) in [6.07, 6.45) is 0. The number of benzene rings is 1. The first-order valence-corrected chi connectivity index (χ1v) is 6.00. The van der Waals surface area contributed by atoms with E-state index in [1.807, 2.05) is 52.9 Å². The van der Waals surface area contributed by atoms with Crippen molar-refractivity contribution < 1.29 is 14.3 Å². The fourth-order valence-electron chi connectivity index (χ4n) is 1.03. The van der Waals surface area contributed by atoms with Crippen molar-refractivity contribution in [2.45, 2.75) is 17.6 Å². The van der Waals surface area contributed by atoms with Crippen molar-refractivity contribution in [1.29, 1.82) is 0 Å². The van der Waals surface area contributed by atoms with E-state index in [-0.39, 0.29) is 10.7 Å². The van der Waals surface area contributed by atoms with E-state index in [0.29, 0.717) is 0 Å². The molecule has 0 aliphatic rings. The predicted octanol–water partition coefficient (Wildman–Crippen LogP) is 1.63. The molecular formula is C11H12INO3. The number of ether oxygens (including phenoxy) is 1. The van der Waals surface area contributed by atoms with Gasteiger partial charge in [0.05, 0.1) is 4.05 Å². The van der Waals surface area contributed by atoms with Gasteiger partial charge in [0, 0.05) is 0 Å². The smallest absolute Gasteiger partial charge is 0.397 e. The Bertz CT molecular complexity index is 365. The summed E-state index contributed by atoms with van der Waals surface area (Å²) in [5.41, 5.74) is 0.853. The molecule has 16 heavy (non-hydrogen) atoms. The molecule has 0 heterocycles. The topological polar surface area (TPSA) is 55.4 Å². The summed E-state index contributed by atoms with van der Waals surface area (Å²) in [5.74, 6) is -1.56. The molecule has 4 nitrogen and oxygen atoms in total. The Kier molecular flexibility index (Phi) is 5.24. The van der Waals surface area contributed by atoms with Gasteiger partial charge in [0.25, 0.3) is 0 Å². The van der Waals surface area contributed by atoms with E-state index >= 15 is 0 Å². The normalized spacial score (nSPS) is 11.6. The molecule has 0 bridgehead atoms. The van der Waals surface area contributed by atoms with Gasteiger partial charge < -0.3 is 10.1 Å². The molecule has 1 aromatic carbocycles. The van der Waals surface area contributed by atoms with Gasteiger partial charge in [0.1, 0.15) is 6.61 Å². The minimum Gasteiger partial charge on any atom is -0.454 e. The van der Waals surface area contributed by atoms with Crippen molar-refractivity contribution >= 4 is 34.5 Å². The molecule has 5 heteroatoms. The van der Waals surface area contributed by atoms with Crippen molar-refractivity contribution in [2.75, 3.05) is 0 Å². The van der Waals surface area contributed by atoms with E-state index in [1.54, 1.807) is 6.92 Å². The molecule has 0 aromatic heterocycles. The maximum atomic E-state index is 11.2. The number of esters is 1. The molecule has 0 saturated heterocycles. The van der Waals surface area contributed by atoms with Crippen LogP contribution >= 0.6 is 22.6 Å². The largest absolute Gasteiger partial charge is 0.454 e. The zero-order chi connectivity index (χ0) is 12.0. The first-order chi connectivity index (χ1) is 7.59. The van der Waals surface area contributed by atoms with Crippen LogP contribution in [-0.4, -0.2) is 15.9 Å². The highest BCUT2D eigenvalue weighted by molar-refractivity contribution is 14.1. The van der Waals surface area contributed by atoms with Crippen LogP contribution in [0.25, 0.3) is 0 Å². The van der Waals surface area contributed by atoms with Crippen LogP contribution in [0.5, 0.6) is 0 Å². The van der Waals surface area contributed by atoms with E-state index in [1.165, 1.54) is 0 Å². The number of hydrogen-bond acceptors (Lipinski definition) is 3. The summed E-state index contributed by atoms with van der Waals surface area (Å²) in [6, 6.07) is 9.21. The Morgan fingerprint density at radius 1 is 1.38 bits per heavy atom. The molecular weight excluding hydrogens is 321 g/mol. The van der Waals surface area contributed by atoms with Crippen LogP contribution in [-0.2, 0) is 20.9 Å². The molecule has 1 atom stereocenters. The molecule has 0 fully saturated rings. The van der Waals surface area contributed by atoms with Gasteiger partial charge in [-0.3, -0.25) is 4.79 Å². The zero-order valence-electron chi connectivity index (χ0n) is 8.77. The number of halogens is 1. The lowest BCUT2D eigenvalue weighted by atomic mass is 10.2. The Morgan fingerprint density at radius 2 is 2.00 bits per heavy atom. The van der Waals surface area contributed by atoms with E-state index in [4.69, 9.17) is 4.74 Å². The molecule has 0 aliphatic carbocycles. The molecule has 86 valence electrons. The lowest BCUT2D eigenvalue weighted by molar-refractivity contribution is -0.155. The number of rotatable bonds is 3. The highest BCUT2D eigenvalue weighted by Crippen LogP contribution is 2.01. The Morgan fingerprint density at radius 3 is 2.56 bits per heavy atom. The van der Waals surface area contributed by atoms with Crippen LogP contribution in [0.15, 0.2) is 30.3 Å². The van der Waals surface area contributed by atoms with Crippen LogP contribution in [0, 0.1) is 0 Å². The minimum absolute atomic E-state index is 0.102. The van der Waals surface area contributed by atoms with Crippen LogP contribution < -0.4 is 5.32 Å². The summed E-state index contributed by atoms with van der Waals surface area (Å²) in [4.78, 5) is 22.4. The summed E-state index contributed by atoms with van der Waals surface area (Å²) >= 11 is 1.99. The second kappa shape index (κ2) is 6.47. The number of carbonyl (C=O) groups is 2. The van der Waals surface area contributed by atoms with Gasteiger partial charge in [-0.15, -0.1) is 0 Å². The first-order valence-electron chi connectivity index (χ1n) is 4.75. The number of carbonyl (C=O) groups excluding carboxylic acids is 2. The van der Waals surface area contributed by atoms with E-state index in [0.717, 1.165) is 5.56 Å². The second-order valence-corrected chi connectivity index (χ2v) is 5.02. The molecule has 1 N–H and O–H groups in total. The van der Waals surface area contributed by atoms with Gasteiger partial charge in [-0.25, -0.2) is 4.79 Å². The van der Waals surface area contributed by atoms with Crippen molar-refractivity contribution in [3.63, 3.8) is 0 Å². The van der Waals surface area contributed by atoms with Crippen LogP contribution in [0.4, 0.5) is 0 Å². The molecule has 0 aliphatic heterocycles. The minimum atomic E-state index is -0.854. The summed E-state index contributed by atoms with van der Waals surface area (Å²) in [7, 11) is 0. The van der Waals surface area contributed by atoms with Crippen molar-refractivity contribution in [3.05, 3.63) is 35.9 Å². The number of amides is 1. The number of alkyl halides is 1. The summed E-state index contributed by atoms with van der Waals surface area (Å²) in [6.45, 7) is 1.88. The van der Waals surface area contributed by atoms with Gasteiger partial charge >= 0.3 is 11.9 Å². The van der Waals surface area contributed by atoms with Crippen LogP contribution in [0.1, 0.15) is 12.5 Å². The van der Waals surface area contributed by atoms with E-state index in [2.05, 4.69) is 5.32 Å². The van der Waals surface area contributed by atoms with E-state index in [9.17, 15) is 9.59 Å². The van der Waals surface area contributed by atoms with Crippen molar-refractivity contribution in [2.24, 2.45) is 0 Å². The quantitative estimate of drug-likeness (QED) is 0.301. The standard InChI is InChI=1S/C11H12INO3/c1-8(12)13-10(14)11(15)16-7-9-5-3-2-4-6-9/h2-6,8H,7H2,1H3,(H,13,14). The van der Waals surface area contributed by atoms with Gasteiger partial charge in [-0.2, -0.15) is 0 Å². The molecule has 1 aromatic rings. The third-order valence-corrected chi connectivity index (χ3v) is 2.04. The third kappa shape index (κ3) is 4.61. The van der Waals surface area contributed by atoms with Gasteiger partial charge in [-0.1, -0.05) is 52.9 Å². The molecule has 1 unspecified atom stereocenters. The monoisotopic (exact) mass is 333 g/mol. The first kappa shape index (κ1) is 13.0. The number of hydrogen-bond donors (Lipinski definition) is 1. The molecule has 1 rings (SSSR count). The zero-order valence-corrected chi connectivity index (χ0v) is 10.9. The van der Waals surface area contributed by atoms with Gasteiger partial charge in [-0.05, 0) is 12.5 Å². The maximum absolute atomic E-state index is 11.2. The highest BCUT2D eigenvalue weighted by Gasteiger charge is 2.16. The van der Waals surface area contributed by atoms with Crippen LogP contribution in [0.2, 0.25) is 0 Å². The Balaban J connectivity index is 2.38. The summed E-state index contributed by atoms with van der Waals surface area (Å²) < 4.78 is 4.73. The SMILES string of the molecule is CC(I)NC(=O)C(=O)OCc1ccccc1. The Labute approximate surface area is 108 Å². The fourth-order valence-corrected chi connectivity index (χ4v) is 1.31. The van der Waals surface area contributed by atoms with Gasteiger partial charge in [0.15, 0.2) is 0 Å².